The fourth-order valence-electron chi connectivity index (χ4n) is 3.42. The first kappa shape index (κ1) is 20.8. The van der Waals surface area contributed by atoms with E-state index in [4.69, 9.17) is 0 Å². The number of rotatable bonds is 10. The molecule has 0 aliphatic heterocycles. The van der Waals surface area contributed by atoms with Crippen LogP contribution in [-0.4, -0.2) is 37.6 Å². The maximum Gasteiger partial charge on any atom is 0.405 e. The van der Waals surface area contributed by atoms with E-state index in [1.165, 1.54) is 0 Å². The molecule has 0 saturated carbocycles. The number of aromatic nitrogens is 3. The van der Waals surface area contributed by atoms with Crippen LogP contribution < -0.4 is 5.32 Å². The molecule has 1 aromatic heterocycles. The van der Waals surface area contributed by atoms with Crippen LogP contribution in [0.2, 0.25) is 0 Å². The Morgan fingerprint density at radius 1 is 1.10 bits per heavy atom. The fraction of sp³-hybridized carbons (Fsp3) is 0.409. The lowest BCUT2D eigenvalue weighted by atomic mass is 10.0. The molecule has 7 heteroatoms. The molecule has 0 radical (unpaired) electrons. The Morgan fingerprint density at radius 3 is 2.62 bits per heavy atom. The van der Waals surface area contributed by atoms with E-state index in [0.717, 1.165) is 48.4 Å². The SMILES string of the molecule is CCC(O)CCCCC[C@H](NC(=O)O)c1nc(-c2ccc3ccccc3c2)n[nH]1. The molecule has 3 rings (SSSR count). The summed E-state index contributed by atoms with van der Waals surface area (Å²) in [6.45, 7) is 1.97. The van der Waals surface area contributed by atoms with E-state index in [1.807, 2.05) is 43.3 Å². The van der Waals surface area contributed by atoms with Gasteiger partial charge >= 0.3 is 6.09 Å². The number of hydrogen-bond acceptors (Lipinski definition) is 4. The minimum absolute atomic E-state index is 0.248. The van der Waals surface area contributed by atoms with Crippen LogP contribution in [0.5, 0.6) is 0 Å². The third kappa shape index (κ3) is 5.77. The summed E-state index contributed by atoms with van der Waals surface area (Å²) in [5.41, 5.74) is 0.883. The van der Waals surface area contributed by atoms with Crippen LogP contribution in [0.1, 0.15) is 57.3 Å². The van der Waals surface area contributed by atoms with Crippen molar-refractivity contribution in [3.8, 4) is 11.4 Å². The van der Waals surface area contributed by atoms with Crippen molar-refractivity contribution >= 4 is 16.9 Å². The van der Waals surface area contributed by atoms with Gasteiger partial charge in [-0.1, -0.05) is 62.6 Å². The average Bonchev–Trinajstić information content (AvgIpc) is 3.22. The zero-order valence-corrected chi connectivity index (χ0v) is 16.6. The standard InChI is InChI=1S/C22H28N4O3/c1-2-18(27)10-4-3-5-11-19(23-22(28)29)21-24-20(25-26-21)17-13-12-15-8-6-7-9-16(15)14-17/h6-9,12-14,18-19,23,27H,2-5,10-11H2,1H3,(H,28,29)(H,24,25,26)/t18?,19-/m0/s1. The molecular formula is C22H28N4O3. The lowest BCUT2D eigenvalue weighted by Gasteiger charge is -2.14. The van der Waals surface area contributed by atoms with Gasteiger partial charge in [0.1, 0.15) is 5.82 Å². The number of hydrogen-bond donors (Lipinski definition) is 4. The number of amides is 1. The van der Waals surface area contributed by atoms with Gasteiger partial charge in [-0.15, -0.1) is 0 Å². The first-order chi connectivity index (χ1) is 14.1. The van der Waals surface area contributed by atoms with Crippen molar-refractivity contribution in [1.29, 1.82) is 0 Å². The highest BCUT2D eigenvalue weighted by Gasteiger charge is 2.19. The molecule has 154 valence electrons. The number of unbranched alkanes of at least 4 members (excludes halogenated alkanes) is 2. The molecule has 0 bridgehead atoms. The Hall–Kier alpha value is -2.93. The largest absolute Gasteiger partial charge is 0.465 e. The molecule has 4 N–H and O–H groups in total. The predicted octanol–water partition coefficient (Wildman–Crippen LogP) is 4.66. The van der Waals surface area contributed by atoms with Crippen LogP contribution >= 0.6 is 0 Å². The normalized spacial score (nSPS) is 13.3. The Bertz CT molecular complexity index is 940. The molecule has 0 saturated heterocycles. The molecule has 2 atom stereocenters. The summed E-state index contributed by atoms with van der Waals surface area (Å²) in [7, 11) is 0. The average molecular weight is 396 g/mol. The van der Waals surface area contributed by atoms with E-state index in [-0.39, 0.29) is 6.10 Å². The van der Waals surface area contributed by atoms with Crippen molar-refractivity contribution < 1.29 is 15.0 Å². The summed E-state index contributed by atoms with van der Waals surface area (Å²) in [5.74, 6) is 1.07. The van der Waals surface area contributed by atoms with Crippen LogP contribution in [0.15, 0.2) is 42.5 Å². The van der Waals surface area contributed by atoms with Gasteiger partial charge in [0.05, 0.1) is 12.1 Å². The van der Waals surface area contributed by atoms with Crippen molar-refractivity contribution in [3.05, 3.63) is 48.3 Å². The van der Waals surface area contributed by atoms with Crippen molar-refractivity contribution in [2.24, 2.45) is 0 Å². The number of aliphatic hydroxyl groups is 1. The molecule has 0 fully saturated rings. The third-order valence-electron chi connectivity index (χ3n) is 5.14. The minimum atomic E-state index is -1.08. The summed E-state index contributed by atoms with van der Waals surface area (Å²) in [4.78, 5) is 15.8. The number of fused-ring (bicyclic) bond motifs is 1. The summed E-state index contributed by atoms with van der Waals surface area (Å²) in [6, 6.07) is 13.7. The summed E-state index contributed by atoms with van der Waals surface area (Å²) < 4.78 is 0. The second-order valence-corrected chi connectivity index (χ2v) is 7.31. The Morgan fingerprint density at radius 2 is 1.86 bits per heavy atom. The van der Waals surface area contributed by atoms with Gasteiger partial charge in [0.2, 0.25) is 0 Å². The lowest BCUT2D eigenvalue weighted by Crippen LogP contribution is -2.27. The monoisotopic (exact) mass is 396 g/mol. The van der Waals surface area contributed by atoms with Gasteiger partial charge in [0, 0.05) is 5.56 Å². The second kappa shape index (κ2) is 10.0. The van der Waals surface area contributed by atoms with Crippen molar-refractivity contribution in [1.82, 2.24) is 20.5 Å². The Labute approximate surface area is 170 Å². The molecule has 2 aromatic carbocycles. The van der Waals surface area contributed by atoms with Crippen molar-refractivity contribution in [2.75, 3.05) is 0 Å². The molecule has 0 spiro atoms. The molecule has 1 heterocycles. The van der Waals surface area contributed by atoms with E-state index in [9.17, 15) is 15.0 Å². The van der Waals surface area contributed by atoms with Crippen molar-refractivity contribution in [2.45, 2.75) is 57.6 Å². The Kier molecular flexibility index (Phi) is 7.19. The highest BCUT2D eigenvalue weighted by atomic mass is 16.4. The maximum absolute atomic E-state index is 11.2. The van der Waals surface area contributed by atoms with E-state index in [0.29, 0.717) is 18.1 Å². The molecule has 0 aliphatic carbocycles. The number of benzene rings is 2. The fourth-order valence-corrected chi connectivity index (χ4v) is 3.42. The number of nitrogens with one attached hydrogen (secondary N) is 2. The number of aliphatic hydroxyl groups excluding tert-OH is 1. The molecule has 0 aliphatic rings. The van der Waals surface area contributed by atoms with Crippen LogP contribution in [0.4, 0.5) is 4.79 Å². The highest BCUT2D eigenvalue weighted by molar-refractivity contribution is 5.86. The van der Waals surface area contributed by atoms with E-state index < -0.39 is 12.1 Å². The van der Waals surface area contributed by atoms with Gasteiger partial charge in [-0.05, 0) is 36.1 Å². The van der Waals surface area contributed by atoms with E-state index in [1.54, 1.807) is 0 Å². The van der Waals surface area contributed by atoms with Gasteiger partial charge in [-0.2, -0.15) is 5.10 Å². The van der Waals surface area contributed by atoms with Gasteiger partial charge in [0.25, 0.3) is 0 Å². The summed E-state index contributed by atoms with van der Waals surface area (Å²) in [5, 5.41) is 30.8. The van der Waals surface area contributed by atoms with Crippen LogP contribution in [0.25, 0.3) is 22.2 Å². The number of H-pyrrole nitrogens is 1. The summed E-state index contributed by atoms with van der Waals surface area (Å²) in [6.07, 6.45) is 3.53. The Balaban J connectivity index is 1.67. The maximum atomic E-state index is 11.2. The quantitative estimate of drug-likeness (QED) is 0.373. The first-order valence-electron chi connectivity index (χ1n) is 10.2. The lowest BCUT2D eigenvalue weighted by molar-refractivity contribution is 0.156. The van der Waals surface area contributed by atoms with Gasteiger partial charge < -0.3 is 15.5 Å². The zero-order valence-electron chi connectivity index (χ0n) is 16.6. The highest BCUT2D eigenvalue weighted by Crippen LogP contribution is 2.24. The smallest absolute Gasteiger partial charge is 0.405 e. The minimum Gasteiger partial charge on any atom is -0.465 e. The van der Waals surface area contributed by atoms with Gasteiger partial charge in [0.15, 0.2) is 5.82 Å². The van der Waals surface area contributed by atoms with Crippen molar-refractivity contribution in [3.63, 3.8) is 0 Å². The zero-order chi connectivity index (χ0) is 20.6. The number of carboxylic acid groups (broad SMARTS) is 1. The summed E-state index contributed by atoms with van der Waals surface area (Å²) >= 11 is 0. The van der Waals surface area contributed by atoms with Crippen LogP contribution in [0, 0.1) is 0 Å². The molecule has 7 nitrogen and oxygen atoms in total. The van der Waals surface area contributed by atoms with E-state index >= 15 is 0 Å². The molecule has 1 unspecified atom stereocenters. The number of carbonyl (C=O) groups is 1. The second-order valence-electron chi connectivity index (χ2n) is 7.31. The third-order valence-corrected chi connectivity index (χ3v) is 5.14. The van der Waals surface area contributed by atoms with Crippen LogP contribution in [0.3, 0.4) is 0 Å². The topological polar surface area (TPSA) is 111 Å². The molecular weight excluding hydrogens is 368 g/mol. The van der Waals surface area contributed by atoms with E-state index in [2.05, 4.69) is 26.6 Å². The molecule has 29 heavy (non-hydrogen) atoms. The van der Waals surface area contributed by atoms with Gasteiger partial charge in [-0.3, -0.25) is 5.10 Å². The number of aromatic amines is 1. The number of nitrogens with zero attached hydrogens (tertiary/aromatic N) is 2. The first-order valence-corrected chi connectivity index (χ1v) is 10.2. The molecule has 3 aromatic rings. The van der Waals surface area contributed by atoms with Gasteiger partial charge in [-0.25, -0.2) is 9.78 Å². The van der Waals surface area contributed by atoms with Crippen LogP contribution in [-0.2, 0) is 0 Å². The molecule has 1 amide bonds. The predicted molar refractivity (Wildman–Crippen MR) is 113 cm³/mol.